The quantitative estimate of drug-likeness (QED) is 0.707. The Labute approximate surface area is 116 Å². The summed E-state index contributed by atoms with van der Waals surface area (Å²) >= 11 is 0. The summed E-state index contributed by atoms with van der Waals surface area (Å²) < 4.78 is 0. The lowest BCUT2D eigenvalue weighted by atomic mass is 10.0. The molecule has 1 fully saturated rings. The molecule has 0 aromatic heterocycles. The molecule has 0 bridgehead atoms. The number of nitrogens with one attached hydrogen (secondary N) is 2. The first kappa shape index (κ1) is 15.7. The lowest BCUT2D eigenvalue weighted by Gasteiger charge is -2.28. The molecule has 0 spiro atoms. The van der Waals surface area contributed by atoms with Crippen LogP contribution in [0.2, 0.25) is 0 Å². The third kappa shape index (κ3) is 4.67. The fourth-order valence-electron chi connectivity index (χ4n) is 2.15. The van der Waals surface area contributed by atoms with Crippen molar-refractivity contribution >= 4 is 12.1 Å². The van der Waals surface area contributed by atoms with Crippen LogP contribution in [-0.2, 0) is 4.79 Å². The van der Waals surface area contributed by atoms with Gasteiger partial charge in [0.25, 0.3) is 0 Å². The minimum Gasteiger partial charge on any atom is -0.386 e. The molecular weight excluding hydrogens is 240 g/mol. The summed E-state index contributed by atoms with van der Waals surface area (Å²) in [5.41, 5.74) is 2.89. The smallest absolute Gasteiger partial charge is 0.209 e. The van der Waals surface area contributed by atoms with Crippen LogP contribution in [0, 0.1) is 5.41 Å². The molecule has 1 rings (SSSR count). The van der Waals surface area contributed by atoms with Crippen molar-refractivity contribution in [2.45, 2.75) is 33.2 Å². The van der Waals surface area contributed by atoms with Gasteiger partial charge in [-0.25, -0.2) is 0 Å². The number of amides is 1. The average Bonchev–Trinajstić information content (AvgIpc) is 2.36. The van der Waals surface area contributed by atoms with Crippen LogP contribution in [0.15, 0.2) is 11.3 Å². The molecule has 108 valence electrons. The van der Waals surface area contributed by atoms with E-state index in [-0.39, 0.29) is 6.04 Å². The first-order valence-corrected chi connectivity index (χ1v) is 6.86. The molecule has 0 unspecified atom stereocenters. The number of likely N-dealkylation sites (N-methyl/N-ethyl adjacent to an activating group) is 1. The molecule has 1 aliphatic rings. The van der Waals surface area contributed by atoms with Crippen LogP contribution in [-0.4, -0.2) is 61.2 Å². The summed E-state index contributed by atoms with van der Waals surface area (Å²) in [6.07, 6.45) is 1.71. The van der Waals surface area contributed by atoms with E-state index in [9.17, 15) is 4.79 Å². The summed E-state index contributed by atoms with van der Waals surface area (Å²) in [6.45, 7) is 9.24. The number of likely N-dealkylation sites (tertiary alicyclic amines) is 1. The molecule has 5 nitrogen and oxygen atoms in total. The highest BCUT2D eigenvalue weighted by molar-refractivity contribution is 5.99. The van der Waals surface area contributed by atoms with E-state index in [2.05, 4.69) is 17.3 Å². The Bertz CT molecular complexity index is 362. The predicted octanol–water partition coefficient (Wildman–Crippen LogP) is 1.07. The van der Waals surface area contributed by atoms with Crippen LogP contribution in [0.3, 0.4) is 0 Å². The largest absolute Gasteiger partial charge is 0.386 e. The standard InChI is InChI=1S/C14H26N4O/c1-11(2)18(10-19)8-6-16-12(3)13-9-17(4)7-5-14(13)15/h10-11,15-16H,5-9H2,1-4H3/b13-12-,15-14?. The zero-order valence-electron chi connectivity index (χ0n) is 12.5. The van der Waals surface area contributed by atoms with E-state index in [0.29, 0.717) is 6.54 Å². The zero-order valence-corrected chi connectivity index (χ0v) is 12.5. The molecule has 1 amide bonds. The van der Waals surface area contributed by atoms with Gasteiger partial charge in [-0.15, -0.1) is 0 Å². The Morgan fingerprint density at radius 3 is 2.84 bits per heavy atom. The van der Waals surface area contributed by atoms with Crippen LogP contribution in [0.1, 0.15) is 27.2 Å². The Hall–Kier alpha value is -1.36. The van der Waals surface area contributed by atoms with Gasteiger partial charge in [0.15, 0.2) is 0 Å². The van der Waals surface area contributed by atoms with Crippen LogP contribution in [0.4, 0.5) is 0 Å². The van der Waals surface area contributed by atoms with Crippen LogP contribution in [0.25, 0.3) is 0 Å². The molecule has 0 aliphatic carbocycles. The topological polar surface area (TPSA) is 59.4 Å². The van der Waals surface area contributed by atoms with Gasteiger partial charge in [0, 0.05) is 55.6 Å². The van der Waals surface area contributed by atoms with Crippen molar-refractivity contribution in [2.24, 2.45) is 0 Å². The van der Waals surface area contributed by atoms with Crippen molar-refractivity contribution in [3.8, 4) is 0 Å². The van der Waals surface area contributed by atoms with Crippen molar-refractivity contribution < 1.29 is 4.79 Å². The second-order valence-corrected chi connectivity index (χ2v) is 5.43. The van der Waals surface area contributed by atoms with Gasteiger partial charge in [0.2, 0.25) is 6.41 Å². The van der Waals surface area contributed by atoms with Crippen LogP contribution >= 0.6 is 0 Å². The normalized spacial score (nSPS) is 19.5. The first-order chi connectivity index (χ1) is 8.95. The number of piperidine rings is 1. The highest BCUT2D eigenvalue weighted by Gasteiger charge is 2.17. The van der Waals surface area contributed by atoms with Gasteiger partial charge in [0.05, 0.1) is 0 Å². The summed E-state index contributed by atoms with van der Waals surface area (Å²) in [7, 11) is 2.08. The van der Waals surface area contributed by atoms with Crippen molar-refractivity contribution in [1.82, 2.24) is 15.1 Å². The monoisotopic (exact) mass is 266 g/mol. The number of hydrogen-bond donors (Lipinski definition) is 2. The highest BCUT2D eigenvalue weighted by Crippen LogP contribution is 2.13. The molecule has 1 saturated heterocycles. The first-order valence-electron chi connectivity index (χ1n) is 6.86. The van der Waals surface area contributed by atoms with Crippen molar-refractivity contribution in [2.75, 3.05) is 33.2 Å². The Balaban J connectivity index is 2.51. The summed E-state index contributed by atoms with van der Waals surface area (Å²) in [6, 6.07) is 0.228. The van der Waals surface area contributed by atoms with Crippen molar-refractivity contribution in [3.63, 3.8) is 0 Å². The minimum absolute atomic E-state index is 0.228. The average molecular weight is 266 g/mol. The fraction of sp³-hybridized carbons (Fsp3) is 0.714. The number of carbonyl (C=O) groups is 1. The fourth-order valence-corrected chi connectivity index (χ4v) is 2.15. The molecule has 0 aromatic rings. The summed E-state index contributed by atoms with van der Waals surface area (Å²) in [5.74, 6) is 0. The second-order valence-electron chi connectivity index (χ2n) is 5.43. The van der Waals surface area contributed by atoms with E-state index >= 15 is 0 Å². The third-order valence-corrected chi connectivity index (χ3v) is 3.55. The maximum Gasteiger partial charge on any atom is 0.209 e. The van der Waals surface area contributed by atoms with Crippen molar-refractivity contribution in [3.05, 3.63) is 11.3 Å². The maximum absolute atomic E-state index is 10.9. The third-order valence-electron chi connectivity index (χ3n) is 3.55. The SMILES string of the molecule is C/C(NCCN(C=O)C(C)C)=C1\CN(C)CCC1=N. The molecule has 19 heavy (non-hydrogen) atoms. The van der Waals surface area contributed by atoms with E-state index in [1.165, 1.54) is 0 Å². The van der Waals surface area contributed by atoms with Gasteiger partial charge in [-0.05, 0) is 27.8 Å². The lowest BCUT2D eigenvalue weighted by Crippen LogP contribution is -2.37. The molecule has 2 N–H and O–H groups in total. The molecule has 0 atom stereocenters. The number of allylic oxidation sites excluding steroid dienone is 1. The van der Waals surface area contributed by atoms with E-state index in [1.807, 2.05) is 20.8 Å². The van der Waals surface area contributed by atoms with E-state index in [4.69, 9.17) is 5.41 Å². The Morgan fingerprint density at radius 2 is 2.26 bits per heavy atom. The number of rotatable bonds is 6. The Morgan fingerprint density at radius 1 is 1.58 bits per heavy atom. The van der Waals surface area contributed by atoms with Gasteiger partial charge in [-0.3, -0.25) is 4.79 Å². The van der Waals surface area contributed by atoms with Gasteiger partial charge in [-0.1, -0.05) is 0 Å². The van der Waals surface area contributed by atoms with Gasteiger partial charge >= 0.3 is 0 Å². The van der Waals surface area contributed by atoms with Crippen LogP contribution in [0.5, 0.6) is 0 Å². The van der Waals surface area contributed by atoms with Crippen molar-refractivity contribution in [1.29, 1.82) is 5.41 Å². The van der Waals surface area contributed by atoms with Gasteiger partial charge < -0.3 is 20.5 Å². The van der Waals surface area contributed by atoms with E-state index in [0.717, 1.165) is 49.4 Å². The number of nitrogens with zero attached hydrogens (tertiary/aromatic N) is 2. The molecule has 1 heterocycles. The maximum atomic E-state index is 10.9. The minimum atomic E-state index is 0.228. The molecular formula is C14H26N4O. The Kier molecular flexibility index (Phi) is 6.02. The molecule has 0 saturated carbocycles. The van der Waals surface area contributed by atoms with E-state index < -0.39 is 0 Å². The number of hydrogen-bond acceptors (Lipinski definition) is 4. The van der Waals surface area contributed by atoms with Gasteiger partial charge in [-0.2, -0.15) is 0 Å². The van der Waals surface area contributed by atoms with Gasteiger partial charge in [0.1, 0.15) is 0 Å². The molecule has 0 radical (unpaired) electrons. The molecule has 1 aliphatic heterocycles. The van der Waals surface area contributed by atoms with Crippen LogP contribution < -0.4 is 5.32 Å². The zero-order chi connectivity index (χ0) is 14.4. The predicted molar refractivity (Wildman–Crippen MR) is 78.4 cm³/mol. The molecule has 0 aromatic carbocycles. The summed E-state index contributed by atoms with van der Waals surface area (Å²) in [4.78, 5) is 14.9. The second kappa shape index (κ2) is 7.28. The number of carbonyl (C=O) groups excluding carboxylic acids is 1. The highest BCUT2D eigenvalue weighted by atomic mass is 16.1. The summed E-state index contributed by atoms with van der Waals surface area (Å²) in [5, 5.41) is 11.3. The van der Waals surface area contributed by atoms with E-state index in [1.54, 1.807) is 4.90 Å². The molecule has 5 heteroatoms. The lowest BCUT2D eigenvalue weighted by molar-refractivity contribution is -0.119.